The molecular weight excluding hydrogens is 246 g/mol. The van der Waals surface area contributed by atoms with Gasteiger partial charge in [0.2, 0.25) is 0 Å². The van der Waals surface area contributed by atoms with E-state index in [9.17, 15) is 13.6 Å². The van der Waals surface area contributed by atoms with Crippen LogP contribution in [-0.4, -0.2) is 24.5 Å². The fourth-order valence-corrected chi connectivity index (χ4v) is 1.72. The van der Waals surface area contributed by atoms with Gasteiger partial charge in [0, 0.05) is 6.54 Å². The van der Waals surface area contributed by atoms with E-state index in [0.717, 1.165) is 24.3 Å². The summed E-state index contributed by atoms with van der Waals surface area (Å²) < 4.78 is 26.4. The second-order valence-electron chi connectivity index (χ2n) is 3.46. The molecule has 1 amide bonds. The Morgan fingerprint density at radius 2 is 2.18 bits per heavy atom. The highest BCUT2D eigenvalue weighted by Crippen LogP contribution is 2.17. The molecule has 1 aromatic rings. The topological polar surface area (TPSA) is 55.1 Å². The van der Waals surface area contributed by atoms with Crippen LogP contribution < -0.4 is 11.1 Å². The van der Waals surface area contributed by atoms with Crippen LogP contribution in [0.1, 0.15) is 16.8 Å². The van der Waals surface area contributed by atoms with Crippen LogP contribution in [0.25, 0.3) is 0 Å². The molecule has 0 fully saturated rings. The summed E-state index contributed by atoms with van der Waals surface area (Å²) >= 11 is 1.65. The molecule has 1 rings (SSSR count). The molecule has 0 aliphatic carbocycles. The van der Waals surface area contributed by atoms with E-state index in [2.05, 4.69) is 5.32 Å². The number of nitrogen functional groups attached to an aromatic ring is 1. The zero-order chi connectivity index (χ0) is 12.8. The normalized spacial score (nSPS) is 10.3. The summed E-state index contributed by atoms with van der Waals surface area (Å²) in [5.74, 6) is -1.35. The van der Waals surface area contributed by atoms with Crippen molar-refractivity contribution in [1.29, 1.82) is 0 Å². The van der Waals surface area contributed by atoms with Gasteiger partial charge in [-0.3, -0.25) is 4.79 Å². The zero-order valence-electron chi connectivity index (χ0n) is 9.43. The van der Waals surface area contributed by atoms with Gasteiger partial charge in [-0.1, -0.05) is 0 Å². The number of rotatable bonds is 5. The number of hydrogen-bond acceptors (Lipinski definition) is 3. The van der Waals surface area contributed by atoms with E-state index < -0.39 is 17.5 Å². The molecule has 0 radical (unpaired) electrons. The highest BCUT2D eigenvalue weighted by atomic mass is 32.2. The minimum Gasteiger partial charge on any atom is -0.396 e. The van der Waals surface area contributed by atoms with Crippen LogP contribution in [0.3, 0.4) is 0 Å². The number of nitrogens with two attached hydrogens (primary N) is 1. The monoisotopic (exact) mass is 260 g/mol. The highest BCUT2D eigenvalue weighted by molar-refractivity contribution is 7.98. The lowest BCUT2D eigenvalue weighted by Crippen LogP contribution is -2.26. The SMILES string of the molecule is CSCCCNC(=O)c1cc(F)cc(N)c1F. The third kappa shape index (κ3) is 3.89. The quantitative estimate of drug-likeness (QED) is 0.629. The largest absolute Gasteiger partial charge is 0.396 e. The van der Waals surface area contributed by atoms with Crippen molar-refractivity contribution in [2.24, 2.45) is 0 Å². The van der Waals surface area contributed by atoms with Crippen molar-refractivity contribution in [3.8, 4) is 0 Å². The Hall–Kier alpha value is -1.30. The van der Waals surface area contributed by atoms with E-state index in [-0.39, 0.29) is 11.3 Å². The van der Waals surface area contributed by atoms with Crippen molar-refractivity contribution in [2.75, 3.05) is 24.3 Å². The van der Waals surface area contributed by atoms with Crippen LogP contribution in [0.2, 0.25) is 0 Å². The Labute approximate surface area is 103 Å². The Morgan fingerprint density at radius 1 is 1.47 bits per heavy atom. The molecule has 0 spiro atoms. The molecule has 0 aromatic heterocycles. The maximum atomic E-state index is 13.5. The lowest BCUT2D eigenvalue weighted by Gasteiger charge is -2.07. The third-order valence-electron chi connectivity index (χ3n) is 2.12. The maximum Gasteiger partial charge on any atom is 0.254 e. The molecule has 0 saturated carbocycles. The summed E-state index contributed by atoms with van der Waals surface area (Å²) in [4.78, 5) is 11.6. The standard InChI is InChI=1S/C11H14F2N2OS/c1-17-4-2-3-15-11(16)8-5-7(12)6-9(14)10(8)13/h5-6H,2-4,14H2,1H3,(H,15,16). The molecule has 6 heteroatoms. The van der Waals surface area contributed by atoms with E-state index in [4.69, 9.17) is 5.73 Å². The van der Waals surface area contributed by atoms with Crippen LogP contribution in [0, 0.1) is 11.6 Å². The first kappa shape index (κ1) is 13.8. The predicted molar refractivity (Wildman–Crippen MR) is 66.1 cm³/mol. The first-order valence-electron chi connectivity index (χ1n) is 5.08. The van der Waals surface area contributed by atoms with Gasteiger partial charge in [0.1, 0.15) is 5.82 Å². The number of carbonyl (C=O) groups is 1. The second kappa shape index (κ2) is 6.44. The van der Waals surface area contributed by atoms with Crippen molar-refractivity contribution in [3.05, 3.63) is 29.3 Å². The number of carbonyl (C=O) groups excluding carboxylic acids is 1. The van der Waals surface area contributed by atoms with Crippen LogP contribution in [0.15, 0.2) is 12.1 Å². The van der Waals surface area contributed by atoms with Crippen molar-refractivity contribution in [2.45, 2.75) is 6.42 Å². The van der Waals surface area contributed by atoms with E-state index in [1.807, 2.05) is 6.26 Å². The summed E-state index contributed by atoms with van der Waals surface area (Å²) in [5.41, 5.74) is 4.52. The molecule has 0 bridgehead atoms. The molecule has 0 heterocycles. The summed E-state index contributed by atoms with van der Waals surface area (Å²) in [6.07, 6.45) is 2.73. The predicted octanol–water partition coefficient (Wildman–Crippen LogP) is 2.03. The average Bonchev–Trinajstić information content (AvgIpc) is 2.29. The number of anilines is 1. The van der Waals surface area contributed by atoms with Crippen LogP contribution in [0.4, 0.5) is 14.5 Å². The van der Waals surface area contributed by atoms with E-state index in [1.165, 1.54) is 0 Å². The van der Waals surface area contributed by atoms with Crippen LogP contribution in [0.5, 0.6) is 0 Å². The zero-order valence-corrected chi connectivity index (χ0v) is 10.2. The first-order valence-corrected chi connectivity index (χ1v) is 6.47. The van der Waals surface area contributed by atoms with E-state index >= 15 is 0 Å². The van der Waals surface area contributed by atoms with Gasteiger partial charge in [-0.25, -0.2) is 8.78 Å². The number of nitrogens with one attached hydrogen (secondary N) is 1. The van der Waals surface area contributed by atoms with Gasteiger partial charge >= 0.3 is 0 Å². The molecule has 1 aromatic carbocycles. The van der Waals surface area contributed by atoms with Crippen molar-refractivity contribution < 1.29 is 13.6 Å². The van der Waals surface area contributed by atoms with Gasteiger partial charge in [-0.05, 0) is 30.6 Å². The van der Waals surface area contributed by atoms with Gasteiger partial charge in [-0.15, -0.1) is 0 Å². The summed E-state index contributed by atoms with van der Waals surface area (Å²) in [6.45, 7) is 0.426. The molecule has 0 aliphatic heterocycles. The molecule has 3 nitrogen and oxygen atoms in total. The molecule has 0 atom stereocenters. The van der Waals surface area contributed by atoms with Crippen molar-refractivity contribution in [3.63, 3.8) is 0 Å². The lowest BCUT2D eigenvalue weighted by atomic mass is 10.1. The Bertz CT molecular complexity index is 413. The number of halogens is 2. The Kier molecular flexibility index (Phi) is 5.21. The minimum absolute atomic E-state index is 0.355. The number of benzene rings is 1. The second-order valence-corrected chi connectivity index (χ2v) is 4.44. The number of hydrogen-bond donors (Lipinski definition) is 2. The third-order valence-corrected chi connectivity index (χ3v) is 2.82. The van der Waals surface area contributed by atoms with E-state index in [1.54, 1.807) is 11.8 Å². The molecule has 0 saturated heterocycles. The van der Waals surface area contributed by atoms with Gasteiger partial charge in [0.25, 0.3) is 5.91 Å². The first-order chi connectivity index (χ1) is 8.06. The van der Waals surface area contributed by atoms with Gasteiger partial charge in [0.15, 0.2) is 5.82 Å². The van der Waals surface area contributed by atoms with Crippen LogP contribution >= 0.6 is 11.8 Å². The van der Waals surface area contributed by atoms with Crippen LogP contribution in [-0.2, 0) is 0 Å². The Balaban J connectivity index is 2.69. The molecule has 3 N–H and O–H groups in total. The highest BCUT2D eigenvalue weighted by Gasteiger charge is 2.15. The van der Waals surface area contributed by atoms with Gasteiger partial charge in [-0.2, -0.15) is 11.8 Å². The maximum absolute atomic E-state index is 13.5. The molecule has 0 unspecified atom stereocenters. The van der Waals surface area contributed by atoms with E-state index in [0.29, 0.717) is 6.54 Å². The molecule has 94 valence electrons. The smallest absolute Gasteiger partial charge is 0.254 e. The van der Waals surface area contributed by atoms with Crippen molar-refractivity contribution in [1.82, 2.24) is 5.32 Å². The Morgan fingerprint density at radius 3 is 2.82 bits per heavy atom. The fourth-order valence-electron chi connectivity index (χ4n) is 1.29. The number of amides is 1. The fraction of sp³-hybridized carbons (Fsp3) is 0.364. The molecular formula is C11H14F2N2OS. The summed E-state index contributed by atoms with van der Waals surface area (Å²) in [7, 11) is 0. The van der Waals surface area contributed by atoms with Gasteiger partial charge < -0.3 is 11.1 Å². The molecule has 17 heavy (non-hydrogen) atoms. The summed E-state index contributed by atoms with van der Waals surface area (Å²) in [6, 6.07) is 1.69. The minimum atomic E-state index is -0.881. The van der Waals surface area contributed by atoms with Gasteiger partial charge in [0.05, 0.1) is 11.3 Å². The number of thioether (sulfide) groups is 1. The summed E-state index contributed by atoms with van der Waals surface area (Å²) in [5, 5.41) is 2.51. The lowest BCUT2D eigenvalue weighted by molar-refractivity contribution is 0.0949. The van der Waals surface area contributed by atoms with Crippen molar-refractivity contribution >= 4 is 23.4 Å². The molecule has 0 aliphatic rings. The average molecular weight is 260 g/mol.